The Morgan fingerprint density at radius 1 is 1.03 bits per heavy atom. The zero-order valence-corrected chi connectivity index (χ0v) is 16.7. The Bertz CT molecular complexity index is 1260. The Labute approximate surface area is 179 Å². The summed E-state index contributed by atoms with van der Waals surface area (Å²) >= 11 is 0. The highest BCUT2D eigenvalue weighted by Gasteiger charge is 2.28. The van der Waals surface area contributed by atoms with Crippen LogP contribution in [-0.2, 0) is 4.79 Å². The lowest BCUT2D eigenvalue weighted by molar-refractivity contribution is -0.481. The van der Waals surface area contributed by atoms with Gasteiger partial charge in [0.25, 0.3) is 0 Å². The number of hydrogen-bond acceptors (Lipinski definition) is 3. The molecule has 0 saturated heterocycles. The molecule has 154 valence electrons. The van der Waals surface area contributed by atoms with Crippen LogP contribution in [0.1, 0.15) is 17.0 Å². The van der Waals surface area contributed by atoms with Gasteiger partial charge in [-0.25, -0.2) is 0 Å². The summed E-state index contributed by atoms with van der Waals surface area (Å²) < 4.78 is 0. The van der Waals surface area contributed by atoms with Crippen molar-refractivity contribution in [2.75, 3.05) is 11.9 Å². The summed E-state index contributed by atoms with van der Waals surface area (Å²) in [4.78, 5) is 26.8. The standard InChI is InChI=1S/C25H21N3O3/c1-2-23(29)26-22-15-9-7-13-19(22)25-24(18-12-6-8-14-21(18)27-25)20(16-28(30)31)17-10-4-3-5-11-17/h2-15,20,27H,1,16H2,(H,26,29). The van der Waals surface area contributed by atoms with Crippen molar-refractivity contribution >= 4 is 22.5 Å². The van der Waals surface area contributed by atoms with E-state index < -0.39 is 5.92 Å². The molecule has 1 aromatic heterocycles. The maximum Gasteiger partial charge on any atom is 0.247 e. The van der Waals surface area contributed by atoms with E-state index in [-0.39, 0.29) is 17.4 Å². The van der Waals surface area contributed by atoms with Gasteiger partial charge in [0.05, 0.1) is 17.3 Å². The normalized spacial score (nSPS) is 11.7. The summed E-state index contributed by atoms with van der Waals surface area (Å²) in [5.74, 6) is -0.791. The van der Waals surface area contributed by atoms with Crippen molar-refractivity contribution in [2.45, 2.75) is 5.92 Å². The van der Waals surface area contributed by atoms with Crippen molar-refractivity contribution in [2.24, 2.45) is 0 Å². The molecular formula is C25H21N3O3. The molecule has 1 unspecified atom stereocenters. The van der Waals surface area contributed by atoms with Gasteiger partial charge in [-0.1, -0.05) is 73.3 Å². The Balaban J connectivity index is 1.99. The van der Waals surface area contributed by atoms with Crippen LogP contribution in [0, 0.1) is 10.1 Å². The lowest BCUT2D eigenvalue weighted by atomic mass is 9.87. The lowest BCUT2D eigenvalue weighted by Crippen LogP contribution is -2.15. The number of H-pyrrole nitrogens is 1. The Morgan fingerprint density at radius 3 is 2.45 bits per heavy atom. The van der Waals surface area contributed by atoms with E-state index in [1.165, 1.54) is 6.08 Å². The topological polar surface area (TPSA) is 88.0 Å². The average Bonchev–Trinajstić information content (AvgIpc) is 3.17. The molecule has 4 rings (SSSR count). The van der Waals surface area contributed by atoms with E-state index >= 15 is 0 Å². The molecule has 6 heteroatoms. The molecule has 3 aromatic carbocycles. The highest BCUT2D eigenvalue weighted by Crippen LogP contribution is 2.41. The van der Waals surface area contributed by atoms with E-state index in [4.69, 9.17) is 0 Å². The molecule has 1 heterocycles. The number of fused-ring (bicyclic) bond motifs is 1. The number of carbonyl (C=O) groups excluding carboxylic acids is 1. The monoisotopic (exact) mass is 411 g/mol. The van der Waals surface area contributed by atoms with Crippen LogP contribution in [0.3, 0.4) is 0 Å². The molecule has 0 bridgehead atoms. The third kappa shape index (κ3) is 4.09. The van der Waals surface area contributed by atoms with Gasteiger partial charge in [0.15, 0.2) is 0 Å². The van der Waals surface area contributed by atoms with Gasteiger partial charge in [-0.15, -0.1) is 0 Å². The van der Waals surface area contributed by atoms with Crippen LogP contribution in [0.2, 0.25) is 0 Å². The fourth-order valence-electron chi connectivity index (χ4n) is 3.93. The summed E-state index contributed by atoms with van der Waals surface area (Å²) in [6.45, 7) is 3.27. The van der Waals surface area contributed by atoms with Crippen molar-refractivity contribution in [3.63, 3.8) is 0 Å². The van der Waals surface area contributed by atoms with Crippen molar-refractivity contribution in [3.8, 4) is 11.3 Å². The maximum absolute atomic E-state index is 12.0. The minimum atomic E-state index is -0.467. The molecule has 0 saturated carbocycles. The van der Waals surface area contributed by atoms with E-state index in [2.05, 4.69) is 16.9 Å². The molecule has 0 aliphatic heterocycles. The van der Waals surface area contributed by atoms with Crippen molar-refractivity contribution in [1.29, 1.82) is 0 Å². The molecule has 0 aliphatic carbocycles. The lowest BCUT2D eigenvalue weighted by Gasteiger charge is -2.17. The zero-order valence-electron chi connectivity index (χ0n) is 16.7. The number of benzene rings is 3. The second-order valence-corrected chi connectivity index (χ2v) is 7.18. The van der Waals surface area contributed by atoms with E-state index in [1.54, 1.807) is 6.07 Å². The number of nitro groups is 1. The first-order chi connectivity index (χ1) is 15.1. The van der Waals surface area contributed by atoms with Crippen LogP contribution in [0.25, 0.3) is 22.2 Å². The van der Waals surface area contributed by atoms with E-state index in [0.29, 0.717) is 5.69 Å². The zero-order chi connectivity index (χ0) is 21.8. The molecule has 0 fully saturated rings. The number of aromatic amines is 1. The quantitative estimate of drug-likeness (QED) is 0.243. The summed E-state index contributed by atoms with van der Waals surface area (Å²) in [6.07, 6.45) is 1.21. The number of para-hydroxylation sites is 2. The number of carbonyl (C=O) groups is 1. The number of hydrogen-bond donors (Lipinski definition) is 2. The van der Waals surface area contributed by atoms with Gasteiger partial charge in [-0.05, 0) is 29.3 Å². The fourth-order valence-corrected chi connectivity index (χ4v) is 3.93. The predicted octanol–water partition coefficient (Wildman–Crippen LogP) is 5.37. The van der Waals surface area contributed by atoms with Crippen LogP contribution < -0.4 is 5.32 Å². The van der Waals surface area contributed by atoms with Crippen molar-refractivity contribution in [1.82, 2.24) is 4.98 Å². The first kappa shape index (κ1) is 20.1. The van der Waals surface area contributed by atoms with Gasteiger partial charge >= 0.3 is 0 Å². The first-order valence-corrected chi connectivity index (χ1v) is 9.88. The fraction of sp³-hybridized carbons (Fsp3) is 0.0800. The van der Waals surface area contributed by atoms with Gasteiger partial charge in [0.1, 0.15) is 0 Å². The molecule has 0 radical (unpaired) electrons. The van der Waals surface area contributed by atoms with Gasteiger partial charge in [-0.3, -0.25) is 14.9 Å². The Hall–Kier alpha value is -4.19. The number of anilines is 1. The van der Waals surface area contributed by atoms with Crippen LogP contribution in [-0.4, -0.2) is 22.4 Å². The van der Waals surface area contributed by atoms with Crippen LogP contribution in [0.5, 0.6) is 0 Å². The van der Waals surface area contributed by atoms with Gasteiger partial charge in [-0.2, -0.15) is 0 Å². The highest BCUT2D eigenvalue weighted by atomic mass is 16.6. The van der Waals surface area contributed by atoms with E-state index in [0.717, 1.165) is 33.3 Å². The largest absolute Gasteiger partial charge is 0.354 e. The molecule has 31 heavy (non-hydrogen) atoms. The van der Waals surface area contributed by atoms with Crippen LogP contribution in [0.15, 0.2) is 91.5 Å². The third-order valence-corrected chi connectivity index (χ3v) is 5.27. The minimum Gasteiger partial charge on any atom is -0.354 e. The van der Waals surface area contributed by atoms with Gasteiger partial charge in [0, 0.05) is 21.4 Å². The van der Waals surface area contributed by atoms with Gasteiger partial charge in [0.2, 0.25) is 12.5 Å². The van der Waals surface area contributed by atoms with Crippen LogP contribution >= 0.6 is 0 Å². The first-order valence-electron chi connectivity index (χ1n) is 9.88. The Kier molecular flexibility index (Phi) is 5.62. The highest BCUT2D eigenvalue weighted by molar-refractivity contribution is 6.03. The van der Waals surface area contributed by atoms with Crippen molar-refractivity contribution in [3.05, 3.63) is 113 Å². The van der Waals surface area contributed by atoms with Crippen molar-refractivity contribution < 1.29 is 9.72 Å². The molecule has 4 aromatic rings. The molecule has 0 aliphatic rings. The second-order valence-electron chi connectivity index (χ2n) is 7.18. The number of nitrogens with one attached hydrogen (secondary N) is 2. The molecule has 2 N–H and O–H groups in total. The van der Waals surface area contributed by atoms with E-state index in [9.17, 15) is 14.9 Å². The third-order valence-electron chi connectivity index (χ3n) is 5.27. The molecule has 6 nitrogen and oxygen atoms in total. The van der Waals surface area contributed by atoms with E-state index in [1.807, 2.05) is 72.8 Å². The minimum absolute atomic E-state index is 0.250. The molecule has 1 atom stereocenters. The number of aromatic nitrogens is 1. The molecular weight excluding hydrogens is 390 g/mol. The average molecular weight is 411 g/mol. The van der Waals surface area contributed by atoms with Gasteiger partial charge < -0.3 is 10.3 Å². The molecule has 1 amide bonds. The summed E-state index contributed by atoms with van der Waals surface area (Å²) in [7, 11) is 0. The number of amides is 1. The second kappa shape index (κ2) is 8.67. The summed E-state index contributed by atoms with van der Waals surface area (Å²) in [5, 5.41) is 15.4. The Morgan fingerprint density at radius 2 is 1.71 bits per heavy atom. The SMILES string of the molecule is C=CC(=O)Nc1ccccc1-c1[nH]c2ccccc2c1C(C[N+](=O)[O-])c1ccccc1. The smallest absolute Gasteiger partial charge is 0.247 e. The maximum atomic E-state index is 12.0. The number of rotatable bonds is 7. The predicted molar refractivity (Wildman–Crippen MR) is 123 cm³/mol. The summed E-state index contributed by atoms with van der Waals surface area (Å²) in [5.41, 5.74) is 4.68. The number of nitrogens with zero attached hydrogens (tertiary/aromatic N) is 1. The summed E-state index contributed by atoms with van der Waals surface area (Å²) in [6, 6.07) is 24.6. The molecule has 0 spiro atoms. The van der Waals surface area contributed by atoms with Crippen LogP contribution in [0.4, 0.5) is 5.69 Å².